The van der Waals surface area contributed by atoms with Gasteiger partial charge in [0.1, 0.15) is 0 Å². The third-order valence-corrected chi connectivity index (χ3v) is 5.10. The molecule has 2 aliphatic heterocycles. The number of ether oxygens (including phenoxy) is 1. The van der Waals surface area contributed by atoms with Crippen LogP contribution in [0.3, 0.4) is 0 Å². The van der Waals surface area contributed by atoms with Gasteiger partial charge in [-0.05, 0) is 38.1 Å². The lowest BCUT2D eigenvalue weighted by Crippen LogP contribution is -2.32. The van der Waals surface area contributed by atoms with Crippen molar-refractivity contribution in [3.8, 4) is 0 Å². The Labute approximate surface area is 173 Å². The minimum atomic E-state index is -0.491. The molecule has 4 N–H and O–H groups in total. The summed E-state index contributed by atoms with van der Waals surface area (Å²) in [6.07, 6.45) is 1.62. The van der Waals surface area contributed by atoms with Gasteiger partial charge in [0, 0.05) is 18.8 Å². The summed E-state index contributed by atoms with van der Waals surface area (Å²) in [7, 11) is 0. The molecule has 2 aromatic heterocycles. The maximum Gasteiger partial charge on any atom is 0.258 e. The van der Waals surface area contributed by atoms with Crippen LogP contribution < -0.4 is 16.0 Å². The van der Waals surface area contributed by atoms with Crippen LogP contribution in [0.2, 0.25) is 0 Å². The maximum absolute atomic E-state index is 12.6. The van der Waals surface area contributed by atoms with Crippen LogP contribution in [-0.2, 0) is 14.3 Å². The van der Waals surface area contributed by atoms with Crippen molar-refractivity contribution in [2.45, 2.75) is 19.8 Å². The Hall–Kier alpha value is -3.46. The van der Waals surface area contributed by atoms with Crippen molar-refractivity contribution in [1.82, 2.24) is 20.6 Å². The van der Waals surface area contributed by atoms with E-state index < -0.39 is 5.92 Å². The summed E-state index contributed by atoms with van der Waals surface area (Å²) in [6.45, 7) is 4.95. The van der Waals surface area contributed by atoms with E-state index in [1.165, 1.54) is 0 Å². The summed E-state index contributed by atoms with van der Waals surface area (Å²) >= 11 is 0. The van der Waals surface area contributed by atoms with E-state index in [1.54, 1.807) is 31.2 Å². The van der Waals surface area contributed by atoms with Crippen molar-refractivity contribution < 1.29 is 19.1 Å². The number of anilines is 1. The number of aromatic amines is 1. The van der Waals surface area contributed by atoms with Crippen molar-refractivity contribution >= 4 is 35.1 Å². The Bertz CT molecular complexity index is 1060. The van der Waals surface area contributed by atoms with Gasteiger partial charge in [-0.3, -0.25) is 14.4 Å². The van der Waals surface area contributed by atoms with E-state index in [2.05, 4.69) is 25.9 Å². The number of fused-ring (bicyclic) bond motifs is 2. The molecule has 0 saturated heterocycles. The van der Waals surface area contributed by atoms with E-state index in [0.717, 1.165) is 5.69 Å². The quantitative estimate of drug-likeness (QED) is 0.520. The monoisotopic (exact) mass is 409 g/mol. The number of pyridine rings is 1. The fourth-order valence-corrected chi connectivity index (χ4v) is 3.48. The zero-order chi connectivity index (χ0) is 21.3. The van der Waals surface area contributed by atoms with Crippen molar-refractivity contribution in [2.24, 2.45) is 0 Å². The number of aromatic nitrogens is 2. The summed E-state index contributed by atoms with van der Waals surface area (Å²) in [6, 6.07) is 5.21. The first-order chi connectivity index (χ1) is 14.4. The Morgan fingerprint density at radius 1 is 1.07 bits per heavy atom. The number of amides is 3. The van der Waals surface area contributed by atoms with Crippen molar-refractivity contribution in [2.75, 3.05) is 31.6 Å². The Morgan fingerprint density at radius 2 is 1.83 bits per heavy atom. The number of nitrogens with one attached hydrogen (secondary N) is 4. The summed E-state index contributed by atoms with van der Waals surface area (Å²) in [5, 5.41) is 8.41. The molecule has 2 bridgehead atoms. The Morgan fingerprint density at radius 3 is 2.63 bits per heavy atom. The number of aryl methyl sites for hydroxylation is 1. The van der Waals surface area contributed by atoms with E-state index in [0.29, 0.717) is 60.2 Å². The average Bonchev–Trinajstić information content (AvgIpc) is 3.24. The molecule has 0 radical (unpaired) electrons. The second kappa shape index (κ2) is 8.11. The topological polar surface area (TPSA) is 125 Å². The normalized spacial score (nSPS) is 21.6. The highest BCUT2D eigenvalue weighted by Crippen LogP contribution is 2.33. The molecule has 1 atom stereocenters. The number of hydrogen-bond acceptors (Lipinski definition) is 5. The molecule has 9 heteroatoms. The van der Waals surface area contributed by atoms with Gasteiger partial charge in [0.2, 0.25) is 5.91 Å². The number of nitrogens with zero attached hydrogens (tertiary/aromatic N) is 1. The van der Waals surface area contributed by atoms with E-state index >= 15 is 0 Å². The molecule has 0 spiro atoms. The lowest BCUT2D eigenvalue weighted by molar-refractivity contribution is -0.122. The highest BCUT2D eigenvalue weighted by Gasteiger charge is 2.29. The van der Waals surface area contributed by atoms with Crippen LogP contribution in [0.1, 0.15) is 46.0 Å². The first kappa shape index (κ1) is 19.8. The molecule has 9 nitrogen and oxygen atoms in total. The maximum atomic E-state index is 12.6. The Balaban J connectivity index is 1.79. The second-order valence-electron chi connectivity index (χ2n) is 7.31. The third-order valence-electron chi connectivity index (χ3n) is 5.10. The number of rotatable bonds is 0. The van der Waals surface area contributed by atoms with Gasteiger partial charge in [-0.15, -0.1) is 0 Å². The predicted molar refractivity (Wildman–Crippen MR) is 111 cm³/mol. The zero-order valence-corrected chi connectivity index (χ0v) is 16.8. The molecule has 0 aromatic carbocycles. The molecule has 30 heavy (non-hydrogen) atoms. The van der Waals surface area contributed by atoms with E-state index in [-0.39, 0.29) is 17.7 Å². The number of carbonyl (C=O) groups is 3. The molecule has 0 saturated carbocycles. The van der Waals surface area contributed by atoms with Gasteiger partial charge < -0.3 is 25.7 Å². The van der Waals surface area contributed by atoms with Gasteiger partial charge in [-0.1, -0.05) is 0 Å². The third kappa shape index (κ3) is 3.84. The highest BCUT2D eigenvalue weighted by atomic mass is 16.5. The van der Waals surface area contributed by atoms with Crippen LogP contribution in [0.4, 0.5) is 5.69 Å². The van der Waals surface area contributed by atoms with Crippen LogP contribution in [0.5, 0.6) is 0 Å². The lowest BCUT2D eigenvalue weighted by Gasteiger charge is -2.13. The minimum Gasteiger partial charge on any atom is -0.378 e. The van der Waals surface area contributed by atoms with Crippen LogP contribution in [0.25, 0.3) is 11.6 Å². The molecule has 0 aliphatic carbocycles. The van der Waals surface area contributed by atoms with Crippen LogP contribution in [0.15, 0.2) is 18.2 Å². The molecule has 156 valence electrons. The highest BCUT2D eigenvalue weighted by molar-refractivity contribution is 6.34. The van der Waals surface area contributed by atoms with Crippen molar-refractivity contribution in [1.29, 1.82) is 0 Å². The predicted octanol–water partition coefficient (Wildman–Crippen LogP) is 1.19. The van der Waals surface area contributed by atoms with Gasteiger partial charge in [0.05, 0.1) is 53.0 Å². The number of hydrogen-bond donors (Lipinski definition) is 4. The molecule has 4 rings (SSSR count). The largest absolute Gasteiger partial charge is 0.378 e. The number of H-pyrrole nitrogens is 1. The van der Waals surface area contributed by atoms with Gasteiger partial charge >= 0.3 is 0 Å². The van der Waals surface area contributed by atoms with E-state index in [4.69, 9.17) is 4.74 Å². The average molecular weight is 409 g/mol. The molecule has 2 aliphatic rings. The van der Waals surface area contributed by atoms with E-state index in [9.17, 15) is 14.4 Å². The molecule has 4 heterocycles. The molecule has 3 amide bonds. The van der Waals surface area contributed by atoms with Crippen molar-refractivity contribution in [3.63, 3.8) is 0 Å². The summed E-state index contributed by atoms with van der Waals surface area (Å²) in [5.74, 6) is -1.23. The minimum absolute atomic E-state index is 0.172. The SMILES string of the molecule is Cc1cc2c([nH]1)/C=C1\C(=O)Nc3ccc(nc31)[C@H](C)C(=O)NCCOCCNC2=O. The van der Waals surface area contributed by atoms with Crippen LogP contribution >= 0.6 is 0 Å². The fraction of sp³-hybridized carbons (Fsp3) is 0.333. The van der Waals surface area contributed by atoms with Crippen LogP contribution in [-0.4, -0.2) is 54.0 Å². The van der Waals surface area contributed by atoms with Gasteiger partial charge in [0.25, 0.3) is 11.8 Å². The summed E-state index contributed by atoms with van der Waals surface area (Å²) in [4.78, 5) is 45.4. The summed E-state index contributed by atoms with van der Waals surface area (Å²) in [5.41, 5.74) is 3.68. The smallest absolute Gasteiger partial charge is 0.258 e. The molecule has 0 unspecified atom stereocenters. The fourth-order valence-electron chi connectivity index (χ4n) is 3.48. The molecule has 2 aromatic rings. The first-order valence-corrected chi connectivity index (χ1v) is 9.81. The molecular formula is C21H23N5O4. The van der Waals surface area contributed by atoms with Gasteiger partial charge in [-0.25, -0.2) is 4.98 Å². The van der Waals surface area contributed by atoms with Crippen LogP contribution in [0, 0.1) is 6.92 Å². The van der Waals surface area contributed by atoms with Crippen molar-refractivity contribution in [3.05, 3.63) is 46.5 Å². The molecular weight excluding hydrogens is 386 g/mol. The standard InChI is InChI=1S/C21H23N5O4/c1-11-9-13-17(24-11)10-14-18-16(26-21(14)29)4-3-15(25-18)12(2)19(27)22-5-7-30-8-6-23-20(13)28/h3-4,9-10,12,24H,5-8H2,1-2H3,(H,22,27)(H,23,28)(H,26,29)/b14-10-/t12-/m0/s1. The van der Waals surface area contributed by atoms with Gasteiger partial charge in [0.15, 0.2) is 0 Å². The van der Waals surface area contributed by atoms with Gasteiger partial charge in [-0.2, -0.15) is 0 Å². The summed E-state index contributed by atoms with van der Waals surface area (Å²) < 4.78 is 5.47. The molecule has 0 fully saturated rings. The first-order valence-electron chi connectivity index (χ1n) is 9.81. The second-order valence-corrected chi connectivity index (χ2v) is 7.31. The lowest BCUT2D eigenvalue weighted by atomic mass is 10.0. The Kier molecular flexibility index (Phi) is 5.37. The number of carbonyl (C=O) groups excluding carboxylic acids is 3. The zero-order valence-electron chi connectivity index (χ0n) is 16.8. The van der Waals surface area contributed by atoms with E-state index in [1.807, 2.05) is 6.92 Å².